The molecule has 0 bridgehead atoms. The van der Waals surface area contributed by atoms with Crippen molar-refractivity contribution in [2.75, 3.05) is 18.0 Å². The summed E-state index contributed by atoms with van der Waals surface area (Å²) in [4.78, 5) is 19.7. The number of nitrogens with zero attached hydrogens (tertiary/aromatic N) is 3. The summed E-state index contributed by atoms with van der Waals surface area (Å²) in [6.07, 6.45) is 7.59. The standard InChI is InChI=1S/C25H27N5O2/c1-29-23(31)20(7-6-17-12-21(17)22(27)32-16-26)15-28-24(29)30-10-8-25(9-11-30)13-18-4-2-3-5-19(18)14-25/h2-5,15-17,21,26-27H,8-14H2,1H3. The Balaban J connectivity index is 1.25. The topological polar surface area (TPSA) is 95.1 Å². The maximum atomic E-state index is 12.9. The monoisotopic (exact) mass is 429 g/mol. The third-order valence-corrected chi connectivity index (χ3v) is 7.21. The summed E-state index contributed by atoms with van der Waals surface area (Å²) < 4.78 is 6.41. The molecule has 2 heterocycles. The van der Waals surface area contributed by atoms with Gasteiger partial charge in [-0.3, -0.25) is 20.2 Å². The molecule has 7 heteroatoms. The van der Waals surface area contributed by atoms with Gasteiger partial charge in [-0.2, -0.15) is 0 Å². The van der Waals surface area contributed by atoms with E-state index < -0.39 is 0 Å². The van der Waals surface area contributed by atoms with E-state index >= 15 is 0 Å². The summed E-state index contributed by atoms with van der Waals surface area (Å²) in [5.41, 5.74) is 3.57. The predicted molar refractivity (Wildman–Crippen MR) is 123 cm³/mol. The van der Waals surface area contributed by atoms with Gasteiger partial charge in [0.2, 0.25) is 5.95 Å². The van der Waals surface area contributed by atoms with Crippen LogP contribution in [0.2, 0.25) is 0 Å². The van der Waals surface area contributed by atoms with E-state index in [4.69, 9.17) is 15.6 Å². The summed E-state index contributed by atoms with van der Waals surface area (Å²) in [5.74, 6) is 6.70. The van der Waals surface area contributed by atoms with Crippen molar-refractivity contribution in [3.05, 3.63) is 57.5 Å². The second kappa shape index (κ2) is 7.94. The van der Waals surface area contributed by atoms with Gasteiger partial charge in [0.15, 0.2) is 12.3 Å². The van der Waals surface area contributed by atoms with Crippen LogP contribution < -0.4 is 10.5 Å². The second-order valence-electron chi connectivity index (χ2n) is 9.26. The second-order valence-corrected chi connectivity index (χ2v) is 9.26. The first-order valence-electron chi connectivity index (χ1n) is 11.1. The van der Waals surface area contributed by atoms with E-state index in [1.165, 1.54) is 11.1 Å². The summed E-state index contributed by atoms with van der Waals surface area (Å²) >= 11 is 0. The van der Waals surface area contributed by atoms with Crippen LogP contribution in [0.25, 0.3) is 0 Å². The van der Waals surface area contributed by atoms with Gasteiger partial charge in [0, 0.05) is 26.1 Å². The Morgan fingerprint density at radius 1 is 1.25 bits per heavy atom. The van der Waals surface area contributed by atoms with Crippen molar-refractivity contribution in [3.63, 3.8) is 0 Å². The van der Waals surface area contributed by atoms with Crippen molar-refractivity contribution in [1.29, 1.82) is 10.8 Å². The van der Waals surface area contributed by atoms with Gasteiger partial charge in [-0.15, -0.1) is 0 Å². The highest BCUT2D eigenvalue weighted by Crippen LogP contribution is 2.45. The quantitative estimate of drug-likeness (QED) is 0.446. The van der Waals surface area contributed by atoms with Gasteiger partial charge >= 0.3 is 0 Å². The Morgan fingerprint density at radius 3 is 2.59 bits per heavy atom. The first kappa shape index (κ1) is 20.5. The number of fused-ring (bicyclic) bond motifs is 1. The molecule has 2 atom stereocenters. The zero-order chi connectivity index (χ0) is 22.3. The van der Waals surface area contributed by atoms with Crippen molar-refractivity contribution in [3.8, 4) is 11.8 Å². The summed E-state index contributed by atoms with van der Waals surface area (Å²) in [6.45, 7) is 1.80. The lowest BCUT2D eigenvalue weighted by molar-refractivity contribution is 0.231. The summed E-state index contributed by atoms with van der Waals surface area (Å²) in [7, 11) is 1.76. The number of aromatic nitrogens is 2. The number of anilines is 1. The average Bonchev–Trinajstić information content (AvgIpc) is 3.49. The van der Waals surface area contributed by atoms with E-state index in [1.54, 1.807) is 17.8 Å². The Bertz CT molecular complexity index is 1170. The number of rotatable bonds is 3. The molecule has 2 aliphatic carbocycles. The first-order valence-corrected chi connectivity index (χ1v) is 11.1. The van der Waals surface area contributed by atoms with E-state index in [-0.39, 0.29) is 23.3 Å². The molecule has 5 rings (SSSR count). The molecule has 32 heavy (non-hydrogen) atoms. The molecule has 1 aromatic carbocycles. The van der Waals surface area contributed by atoms with Crippen molar-refractivity contribution in [2.45, 2.75) is 32.1 Å². The van der Waals surface area contributed by atoms with Gasteiger partial charge in [0.1, 0.15) is 5.56 Å². The minimum Gasteiger partial charge on any atom is -0.432 e. The number of hydrogen-bond donors (Lipinski definition) is 2. The largest absolute Gasteiger partial charge is 0.432 e. The molecule has 3 aliphatic rings. The molecule has 1 spiro atoms. The molecule has 2 N–H and O–H groups in total. The molecule has 2 unspecified atom stereocenters. The van der Waals surface area contributed by atoms with Gasteiger partial charge in [-0.25, -0.2) is 4.98 Å². The Morgan fingerprint density at radius 2 is 1.94 bits per heavy atom. The van der Waals surface area contributed by atoms with Crippen molar-refractivity contribution < 1.29 is 4.74 Å². The maximum absolute atomic E-state index is 12.9. The molecular formula is C25H27N5O2. The van der Waals surface area contributed by atoms with Gasteiger partial charge < -0.3 is 9.64 Å². The molecule has 164 valence electrons. The number of piperidine rings is 1. The Labute approximate surface area is 187 Å². The van der Waals surface area contributed by atoms with E-state index in [9.17, 15) is 4.79 Å². The van der Waals surface area contributed by atoms with Crippen LogP contribution in [0.4, 0.5) is 5.95 Å². The van der Waals surface area contributed by atoms with Crippen LogP contribution in [-0.2, 0) is 24.6 Å². The zero-order valence-electron chi connectivity index (χ0n) is 18.2. The fraction of sp³-hybridized carbons (Fsp3) is 0.440. The van der Waals surface area contributed by atoms with Crippen LogP contribution >= 0.6 is 0 Å². The average molecular weight is 430 g/mol. The SMILES string of the molecule is Cn1c(N2CCC3(CC2)Cc2ccccc2C3)ncc(C#CC2CC2C(=N)OC=N)c1=O. The minimum atomic E-state index is -0.140. The van der Waals surface area contributed by atoms with Crippen LogP contribution in [-0.4, -0.2) is 34.9 Å². The molecule has 0 amide bonds. The van der Waals surface area contributed by atoms with Crippen molar-refractivity contribution in [1.82, 2.24) is 9.55 Å². The lowest BCUT2D eigenvalue weighted by Gasteiger charge is -2.40. The third kappa shape index (κ3) is 3.70. The fourth-order valence-corrected chi connectivity index (χ4v) is 5.19. The number of benzene rings is 1. The Kier molecular flexibility index (Phi) is 5.09. The highest BCUT2D eigenvalue weighted by molar-refractivity contribution is 5.84. The zero-order valence-corrected chi connectivity index (χ0v) is 18.2. The molecule has 1 saturated carbocycles. The molecule has 0 radical (unpaired) electrons. The van der Waals surface area contributed by atoms with Gasteiger partial charge in [0.25, 0.3) is 5.56 Å². The van der Waals surface area contributed by atoms with E-state index in [2.05, 4.69) is 46.0 Å². The van der Waals surface area contributed by atoms with Crippen molar-refractivity contribution >= 4 is 18.2 Å². The summed E-state index contributed by atoms with van der Waals surface area (Å²) in [6, 6.07) is 8.79. The lowest BCUT2D eigenvalue weighted by atomic mass is 9.76. The van der Waals surface area contributed by atoms with E-state index in [0.717, 1.165) is 51.6 Å². The van der Waals surface area contributed by atoms with Crippen LogP contribution in [0.5, 0.6) is 0 Å². The number of ether oxygens (including phenoxy) is 1. The van der Waals surface area contributed by atoms with E-state index in [0.29, 0.717) is 16.9 Å². The van der Waals surface area contributed by atoms with Crippen LogP contribution in [0.15, 0.2) is 35.3 Å². The molecule has 2 aromatic rings. The fourth-order valence-electron chi connectivity index (χ4n) is 5.19. The minimum absolute atomic E-state index is 0.000603. The predicted octanol–water partition coefficient (Wildman–Crippen LogP) is 2.75. The molecule has 1 saturated heterocycles. The summed E-state index contributed by atoms with van der Waals surface area (Å²) in [5, 5.41) is 14.6. The molecule has 2 fully saturated rings. The van der Waals surface area contributed by atoms with Gasteiger partial charge in [-0.05, 0) is 48.6 Å². The van der Waals surface area contributed by atoms with Crippen LogP contribution in [0.1, 0.15) is 36.0 Å². The molecule has 7 nitrogen and oxygen atoms in total. The number of nitrogens with one attached hydrogen (secondary N) is 2. The highest BCUT2D eigenvalue weighted by atomic mass is 16.5. The normalized spacial score (nSPS) is 22.6. The molecule has 1 aromatic heterocycles. The van der Waals surface area contributed by atoms with Gasteiger partial charge in [0.05, 0.1) is 12.1 Å². The molecular weight excluding hydrogens is 402 g/mol. The Hall–Kier alpha value is -3.40. The maximum Gasteiger partial charge on any atom is 0.270 e. The smallest absolute Gasteiger partial charge is 0.270 e. The van der Waals surface area contributed by atoms with Gasteiger partial charge in [-0.1, -0.05) is 36.1 Å². The number of hydrogen-bond acceptors (Lipinski definition) is 6. The lowest BCUT2D eigenvalue weighted by Crippen LogP contribution is -2.43. The molecule has 1 aliphatic heterocycles. The third-order valence-electron chi connectivity index (χ3n) is 7.21. The van der Waals surface area contributed by atoms with Crippen molar-refractivity contribution in [2.24, 2.45) is 24.3 Å². The first-order chi connectivity index (χ1) is 15.5. The van der Waals surface area contributed by atoms with Crippen LogP contribution in [0, 0.1) is 39.9 Å². The van der Waals surface area contributed by atoms with Crippen LogP contribution in [0.3, 0.4) is 0 Å². The van der Waals surface area contributed by atoms with E-state index in [1.807, 2.05) is 0 Å². The highest BCUT2D eigenvalue weighted by Gasteiger charge is 2.41.